The quantitative estimate of drug-likeness (QED) is 0.474. The van der Waals surface area contributed by atoms with Crippen molar-refractivity contribution in [3.8, 4) is 6.07 Å². The highest BCUT2D eigenvalue weighted by Crippen LogP contribution is 2.18. The van der Waals surface area contributed by atoms with E-state index in [4.69, 9.17) is 0 Å². The van der Waals surface area contributed by atoms with Crippen LogP contribution in [0.5, 0.6) is 0 Å². The maximum atomic E-state index is 12.1. The van der Waals surface area contributed by atoms with Crippen LogP contribution in [0.4, 0.5) is 0 Å². The minimum atomic E-state index is -0.217. The number of rotatable bonds is 4. The third-order valence-electron chi connectivity index (χ3n) is 4.62. The van der Waals surface area contributed by atoms with Crippen molar-refractivity contribution in [1.29, 1.82) is 5.26 Å². The largest absolute Gasteiger partial charge is 0.387 e. The van der Waals surface area contributed by atoms with Crippen molar-refractivity contribution in [2.75, 3.05) is 0 Å². The van der Waals surface area contributed by atoms with Crippen LogP contribution in [-0.4, -0.2) is 18.0 Å². The van der Waals surface area contributed by atoms with Crippen LogP contribution >= 0.6 is 0 Å². The Labute approximate surface area is 128 Å². The van der Waals surface area contributed by atoms with Crippen LogP contribution in [0.1, 0.15) is 70.6 Å². The van der Waals surface area contributed by atoms with Gasteiger partial charge in [-0.25, -0.2) is 0 Å². The third-order valence-corrected chi connectivity index (χ3v) is 4.62. The van der Waals surface area contributed by atoms with Gasteiger partial charge in [-0.15, -0.1) is 0 Å². The molecule has 2 saturated carbocycles. The van der Waals surface area contributed by atoms with Crippen LogP contribution < -0.4 is 10.6 Å². The molecule has 116 valence electrons. The minimum Gasteiger partial charge on any atom is -0.387 e. The number of nitriles is 1. The van der Waals surface area contributed by atoms with Crippen molar-refractivity contribution < 1.29 is 4.79 Å². The van der Waals surface area contributed by atoms with E-state index < -0.39 is 0 Å². The lowest BCUT2D eigenvalue weighted by atomic mass is 9.95. The summed E-state index contributed by atoms with van der Waals surface area (Å²) in [4.78, 5) is 12.1. The molecular formula is C17H27N3O. The first kappa shape index (κ1) is 15.9. The molecule has 0 aromatic carbocycles. The Hall–Kier alpha value is -1.50. The molecule has 0 aliphatic heterocycles. The number of amides is 1. The highest BCUT2D eigenvalue weighted by atomic mass is 16.1. The maximum Gasteiger partial charge on any atom is 0.263 e. The minimum absolute atomic E-state index is 0.213. The van der Waals surface area contributed by atoms with Crippen molar-refractivity contribution in [3.63, 3.8) is 0 Å². The Morgan fingerprint density at radius 1 is 0.905 bits per heavy atom. The standard InChI is InChI=1S/C17H27N3O/c18-12-14(13-19-15-8-4-1-2-5-9-15)17(21)20-16-10-6-3-7-11-16/h13,15-16,19H,1-11H2,(H,20,21)/b14-13-. The number of carbonyl (C=O) groups excluding carboxylic acids is 1. The topological polar surface area (TPSA) is 64.9 Å². The van der Waals surface area contributed by atoms with Crippen LogP contribution in [-0.2, 0) is 4.79 Å². The summed E-state index contributed by atoms with van der Waals surface area (Å²) in [6.45, 7) is 0. The Bertz CT molecular complexity index is 397. The molecule has 2 fully saturated rings. The van der Waals surface area contributed by atoms with Crippen LogP contribution in [0.15, 0.2) is 11.8 Å². The van der Waals surface area contributed by atoms with Crippen molar-refractivity contribution in [3.05, 3.63) is 11.8 Å². The second-order valence-electron chi connectivity index (χ2n) is 6.33. The molecule has 21 heavy (non-hydrogen) atoms. The molecule has 2 aliphatic rings. The molecule has 2 N–H and O–H groups in total. The lowest BCUT2D eigenvalue weighted by molar-refractivity contribution is -0.118. The van der Waals surface area contributed by atoms with Crippen LogP contribution in [0.2, 0.25) is 0 Å². The zero-order chi connectivity index (χ0) is 14.9. The molecule has 2 aliphatic carbocycles. The van der Waals surface area contributed by atoms with Gasteiger partial charge >= 0.3 is 0 Å². The summed E-state index contributed by atoms with van der Waals surface area (Å²) in [7, 11) is 0. The summed E-state index contributed by atoms with van der Waals surface area (Å²) in [5, 5.41) is 15.5. The molecule has 0 unspecified atom stereocenters. The van der Waals surface area contributed by atoms with E-state index in [-0.39, 0.29) is 17.5 Å². The molecule has 4 nitrogen and oxygen atoms in total. The molecule has 2 rings (SSSR count). The number of nitrogens with one attached hydrogen (secondary N) is 2. The lowest BCUT2D eigenvalue weighted by Gasteiger charge is -2.22. The second-order valence-corrected chi connectivity index (χ2v) is 6.33. The average molecular weight is 289 g/mol. The van der Waals surface area contributed by atoms with E-state index in [1.165, 1.54) is 44.9 Å². The predicted molar refractivity (Wildman–Crippen MR) is 83.3 cm³/mol. The Morgan fingerprint density at radius 2 is 1.43 bits per heavy atom. The normalized spacial score (nSPS) is 22.1. The molecule has 0 aromatic heterocycles. The third kappa shape index (κ3) is 5.41. The first-order chi connectivity index (χ1) is 10.3. The summed E-state index contributed by atoms with van der Waals surface area (Å²) in [5.74, 6) is -0.217. The van der Waals surface area contributed by atoms with E-state index in [9.17, 15) is 10.1 Å². The summed E-state index contributed by atoms with van der Waals surface area (Å²) < 4.78 is 0. The van der Waals surface area contributed by atoms with E-state index in [2.05, 4.69) is 10.6 Å². The summed E-state index contributed by atoms with van der Waals surface area (Å²) >= 11 is 0. The van der Waals surface area contributed by atoms with Gasteiger partial charge in [-0.1, -0.05) is 44.9 Å². The molecule has 0 bridgehead atoms. The van der Waals surface area contributed by atoms with Crippen molar-refractivity contribution in [2.45, 2.75) is 82.7 Å². The molecule has 4 heteroatoms. The van der Waals surface area contributed by atoms with Gasteiger partial charge in [0.25, 0.3) is 5.91 Å². The number of hydrogen-bond donors (Lipinski definition) is 2. The molecule has 0 heterocycles. The maximum absolute atomic E-state index is 12.1. The average Bonchev–Trinajstić information content (AvgIpc) is 2.77. The Morgan fingerprint density at radius 3 is 2.00 bits per heavy atom. The van der Waals surface area contributed by atoms with Crippen LogP contribution in [0, 0.1) is 11.3 Å². The van der Waals surface area contributed by atoms with Gasteiger partial charge in [-0.05, 0) is 25.7 Å². The zero-order valence-corrected chi connectivity index (χ0v) is 12.9. The molecule has 0 spiro atoms. The second kappa shape index (κ2) is 8.71. The summed E-state index contributed by atoms with van der Waals surface area (Å²) in [5.41, 5.74) is 0.213. The van der Waals surface area contributed by atoms with E-state index in [1.54, 1.807) is 6.20 Å². The fourth-order valence-corrected chi connectivity index (χ4v) is 3.31. The van der Waals surface area contributed by atoms with Gasteiger partial charge in [0.15, 0.2) is 0 Å². The fourth-order valence-electron chi connectivity index (χ4n) is 3.31. The molecule has 0 saturated heterocycles. The van der Waals surface area contributed by atoms with Gasteiger partial charge in [-0.2, -0.15) is 5.26 Å². The Balaban J connectivity index is 1.83. The van der Waals surface area contributed by atoms with E-state index in [0.29, 0.717) is 6.04 Å². The monoisotopic (exact) mass is 289 g/mol. The van der Waals surface area contributed by atoms with Gasteiger partial charge in [0.2, 0.25) is 0 Å². The molecule has 0 radical (unpaired) electrons. The van der Waals surface area contributed by atoms with Gasteiger partial charge in [0.05, 0.1) is 0 Å². The molecule has 0 atom stereocenters. The lowest BCUT2D eigenvalue weighted by Crippen LogP contribution is -2.37. The van der Waals surface area contributed by atoms with Crippen molar-refractivity contribution in [1.82, 2.24) is 10.6 Å². The highest BCUT2D eigenvalue weighted by molar-refractivity contribution is 5.97. The van der Waals surface area contributed by atoms with E-state index in [0.717, 1.165) is 25.7 Å². The molecule has 0 aromatic rings. The first-order valence-electron chi connectivity index (χ1n) is 8.47. The van der Waals surface area contributed by atoms with E-state index >= 15 is 0 Å². The predicted octanol–water partition coefficient (Wildman–Crippen LogP) is 3.16. The number of carbonyl (C=O) groups is 1. The summed E-state index contributed by atoms with van der Waals surface area (Å²) in [6, 6.07) is 2.70. The van der Waals surface area contributed by atoms with Gasteiger partial charge in [0, 0.05) is 18.3 Å². The zero-order valence-electron chi connectivity index (χ0n) is 12.9. The van der Waals surface area contributed by atoms with Crippen LogP contribution in [0.3, 0.4) is 0 Å². The fraction of sp³-hybridized carbons (Fsp3) is 0.765. The first-order valence-corrected chi connectivity index (χ1v) is 8.47. The number of hydrogen-bond acceptors (Lipinski definition) is 3. The molecule has 1 amide bonds. The van der Waals surface area contributed by atoms with Gasteiger partial charge in [0.1, 0.15) is 11.6 Å². The van der Waals surface area contributed by atoms with Gasteiger partial charge < -0.3 is 10.6 Å². The summed E-state index contributed by atoms with van der Waals surface area (Å²) in [6.07, 6.45) is 14.7. The SMILES string of the molecule is N#C/C(=C/NC1CCCCCC1)C(=O)NC1CCCCC1. The van der Waals surface area contributed by atoms with Crippen molar-refractivity contribution >= 4 is 5.91 Å². The van der Waals surface area contributed by atoms with Crippen molar-refractivity contribution in [2.24, 2.45) is 0 Å². The van der Waals surface area contributed by atoms with E-state index in [1.807, 2.05) is 6.07 Å². The molecular weight excluding hydrogens is 262 g/mol. The highest BCUT2D eigenvalue weighted by Gasteiger charge is 2.18. The smallest absolute Gasteiger partial charge is 0.263 e. The van der Waals surface area contributed by atoms with Gasteiger partial charge in [-0.3, -0.25) is 4.79 Å². The van der Waals surface area contributed by atoms with Crippen LogP contribution in [0.25, 0.3) is 0 Å². The Kier molecular flexibility index (Phi) is 6.59. The number of nitrogens with zero attached hydrogens (tertiary/aromatic N) is 1.